The molecule has 0 unspecified atom stereocenters. The number of nitrogens with zero attached hydrogens (tertiary/aromatic N) is 2. The van der Waals surface area contributed by atoms with E-state index in [9.17, 15) is 9.59 Å². The van der Waals surface area contributed by atoms with E-state index in [-0.39, 0.29) is 11.8 Å². The van der Waals surface area contributed by atoms with Crippen molar-refractivity contribution in [2.45, 2.75) is 13.8 Å². The maximum absolute atomic E-state index is 13.3. The van der Waals surface area contributed by atoms with Gasteiger partial charge in [0.25, 0.3) is 11.8 Å². The van der Waals surface area contributed by atoms with Gasteiger partial charge in [-0.2, -0.15) is 0 Å². The van der Waals surface area contributed by atoms with Crippen LogP contribution >= 0.6 is 0 Å². The summed E-state index contributed by atoms with van der Waals surface area (Å²) in [5.41, 5.74) is 4.53. The lowest BCUT2D eigenvalue weighted by atomic mass is 10.0. The second kappa shape index (κ2) is 8.81. The molecule has 0 atom stereocenters. The van der Waals surface area contributed by atoms with Gasteiger partial charge in [0, 0.05) is 31.9 Å². The third-order valence-corrected chi connectivity index (χ3v) is 5.47. The maximum atomic E-state index is 13.3. The number of amides is 2. The highest BCUT2D eigenvalue weighted by Crippen LogP contribution is 2.30. The number of morpholine rings is 1. The molecule has 2 aromatic carbocycles. The summed E-state index contributed by atoms with van der Waals surface area (Å²) in [7, 11) is 0. The molecule has 2 aliphatic heterocycles. The predicted molar refractivity (Wildman–Crippen MR) is 117 cm³/mol. The number of hydrogen-bond donors (Lipinski definition) is 1. The quantitative estimate of drug-likeness (QED) is 0.749. The molecule has 2 aliphatic rings. The molecule has 2 aromatic rings. The lowest BCUT2D eigenvalue weighted by Gasteiger charge is -2.28. The van der Waals surface area contributed by atoms with Gasteiger partial charge in [0.1, 0.15) is 5.70 Å². The van der Waals surface area contributed by atoms with Crippen LogP contribution in [-0.2, 0) is 14.3 Å². The fourth-order valence-electron chi connectivity index (χ4n) is 4.03. The summed E-state index contributed by atoms with van der Waals surface area (Å²) in [6.45, 7) is 8.07. The molecule has 0 radical (unpaired) electrons. The van der Waals surface area contributed by atoms with E-state index in [2.05, 4.69) is 16.3 Å². The number of anilines is 1. The van der Waals surface area contributed by atoms with Crippen LogP contribution in [0, 0.1) is 13.8 Å². The lowest BCUT2D eigenvalue weighted by Crippen LogP contribution is -2.43. The number of rotatable bonds is 6. The Balaban J connectivity index is 1.62. The second-order valence-electron chi connectivity index (χ2n) is 7.83. The van der Waals surface area contributed by atoms with Gasteiger partial charge in [-0.3, -0.25) is 19.4 Å². The highest BCUT2D eigenvalue weighted by atomic mass is 16.5. The van der Waals surface area contributed by atoms with Crippen molar-refractivity contribution in [2.75, 3.05) is 44.7 Å². The van der Waals surface area contributed by atoms with Crippen molar-refractivity contribution < 1.29 is 14.3 Å². The minimum absolute atomic E-state index is 0.244. The van der Waals surface area contributed by atoms with E-state index in [1.807, 2.05) is 56.3 Å². The van der Waals surface area contributed by atoms with Crippen molar-refractivity contribution in [3.05, 3.63) is 70.9 Å². The molecule has 6 nitrogen and oxygen atoms in total. The van der Waals surface area contributed by atoms with E-state index in [0.29, 0.717) is 37.6 Å². The van der Waals surface area contributed by atoms with Gasteiger partial charge in [-0.05, 0) is 42.7 Å². The summed E-state index contributed by atoms with van der Waals surface area (Å²) in [4.78, 5) is 30.2. The topological polar surface area (TPSA) is 61.9 Å². The molecule has 1 fully saturated rings. The Morgan fingerprint density at radius 2 is 1.57 bits per heavy atom. The van der Waals surface area contributed by atoms with Gasteiger partial charge in [-0.15, -0.1) is 0 Å². The zero-order valence-electron chi connectivity index (χ0n) is 17.5. The number of ether oxygens (including phenoxy) is 1. The van der Waals surface area contributed by atoms with Crippen LogP contribution in [0.1, 0.15) is 16.7 Å². The number of nitrogens with one attached hydrogen (secondary N) is 1. The second-order valence-corrected chi connectivity index (χ2v) is 7.83. The van der Waals surface area contributed by atoms with Crippen LogP contribution in [0.2, 0.25) is 0 Å². The maximum Gasteiger partial charge on any atom is 0.278 e. The highest BCUT2D eigenvalue weighted by Gasteiger charge is 2.39. The van der Waals surface area contributed by atoms with E-state index in [4.69, 9.17) is 4.74 Å². The molecular weight excluding hydrogens is 378 g/mol. The first kappa shape index (κ1) is 20.3. The zero-order valence-corrected chi connectivity index (χ0v) is 17.5. The van der Waals surface area contributed by atoms with Gasteiger partial charge in [0.15, 0.2) is 0 Å². The molecular formula is C24H27N3O3. The van der Waals surface area contributed by atoms with Crippen molar-refractivity contribution in [1.29, 1.82) is 0 Å². The lowest BCUT2D eigenvalue weighted by molar-refractivity contribution is -0.137. The third-order valence-electron chi connectivity index (χ3n) is 5.47. The van der Waals surface area contributed by atoms with Crippen molar-refractivity contribution in [3.63, 3.8) is 0 Å². The van der Waals surface area contributed by atoms with Crippen LogP contribution in [0.3, 0.4) is 0 Å². The summed E-state index contributed by atoms with van der Waals surface area (Å²) in [5.74, 6) is -0.516. The standard InChI is InChI=1S/C24H27N3O3/c1-17-14-18(2)16-20(15-17)25-22-21(19-6-4-3-5-7-19)23(28)27(24(22)29)9-8-26-10-12-30-13-11-26/h3-7,14-16,25H,8-13H2,1-2H3. The van der Waals surface area contributed by atoms with Crippen LogP contribution in [0.25, 0.3) is 5.57 Å². The SMILES string of the molecule is Cc1cc(C)cc(NC2=C(c3ccccc3)C(=O)N(CCN3CCOCC3)C2=O)c1. The monoisotopic (exact) mass is 405 g/mol. The van der Waals surface area contributed by atoms with Crippen LogP contribution in [0.4, 0.5) is 5.69 Å². The van der Waals surface area contributed by atoms with Crippen molar-refractivity contribution in [3.8, 4) is 0 Å². The Kier molecular flexibility index (Phi) is 5.97. The molecule has 1 saturated heterocycles. The molecule has 0 aliphatic carbocycles. The average Bonchev–Trinajstić information content (AvgIpc) is 2.96. The highest BCUT2D eigenvalue weighted by molar-refractivity contribution is 6.36. The minimum atomic E-state index is -0.272. The molecule has 4 rings (SSSR count). The summed E-state index contributed by atoms with van der Waals surface area (Å²) in [6, 6.07) is 15.4. The third kappa shape index (κ3) is 4.30. The Morgan fingerprint density at radius 1 is 0.900 bits per heavy atom. The fourth-order valence-corrected chi connectivity index (χ4v) is 4.03. The largest absolute Gasteiger partial charge is 0.379 e. The van der Waals surface area contributed by atoms with Crippen LogP contribution in [0.15, 0.2) is 54.2 Å². The number of hydrogen-bond acceptors (Lipinski definition) is 5. The van der Waals surface area contributed by atoms with Crippen LogP contribution in [0.5, 0.6) is 0 Å². The first-order valence-electron chi connectivity index (χ1n) is 10.3. The molecule has 2 heterocycles. The van der Waals surface area contributed by atoms with Crippen LogP contribution in [-0.4, -0.2) is 61.0 Å². The predicted octanol–water partition coefficient (Wildman–Crippen LogP) is 2.83. The van der Waals surface area contributed by atoms with Gasteiger partial charge < -0.3 is 10.1 Å². The van der Waals surface area contributed by atoms with Crippen molar-refractivity contribution >= 4 is 23.1 Å². The number of carbonyl (C=O) groups excluding carboxylic acids is 2. The van der Waals surface area contributed by atoms with Crippen molar-refractivity contribution in [2.24, 2.45) is 0 Å². The number of aryl methyl sites for hydroxylation is 2. The van der Waals surface area contributed by atoms with E-state index < -0.39 is 0 Å². The molecule has 0 spiro atoms. The zero-order chi connectivity index (χ0) is 21.1. The van der Waals surface area contributed by atoms with E-state index >= 15 is 0 Å². The molecule has 0 saturated carbocycles. The first-order valence-corrected chi connectivity index (χ1v) is 10.3. The Bertz CT molecular complexity index is 958. The Labute approximate surface area is 177 Å². The molecule has 30 heavy (non-hydrogen) atoms. The summed E-state index contributed by atoms with van der Waals surface area (Å²) in [6.07, 6.45) is 0. The van der Waals surface area contributed by atoms with Gasteiger partial charge in [-0.25, -0.2) is 0 Å². The average molecular weight is 405 g/mol. The Hall–Kier alpha value is -2.96. The van der Waals surface area contributed by atoms with Crippen molar-refractivity contribution in [1.82, 2.24) is 9.80 Å². The van der Waals surface area contributed by atoms with Gasteiger partial charge in [-0.1, -0.05) is 36.4 Å². The number of carbonyl (C=O) groups is 2. The fraction of sp³-hybridized carbons (Fsp3) is 0.333. The van der Waals surface area contributed by atoms with E-state index in [0.717, 1.165) is 35.5 Å². The number of benzene rings is 2. The molecule has 0 aromatic heterocycles. The molecule has 0 bridgehead atoms. The van der Waals surface area contributed by atoms with Crippen LogP contribution < -0.4 is 5.32 Å². The molecule has 1 N–H and O–H groups in total. The number of imide groups is 1. The molecule has 2 amide bonds. The Morgan fingerprint density at radius 3 is 2.23 bits per heavy atom. The van der Waals surface area contributed by atoms with E-state index in [1.54, 1.807) is 0 Å². The molecule has 6 heteroatoms. The normalized spacial score (nSPS) is 17.7. The van der Waals surface area contributed by atoms with E-state index in [1.165, 1.54) is 4.90 Å². The molecule has 156 valence electrons. The minimum Gasteiger partial charge on any atom is -0.379 e. The van der Waals surface area contributed by atoms with Gasteiger partial charge in [0.2, 0.25) is 0 Å². The summed E-state index contributed by atoms with van der Waals surface area (Å²) >= 11 is 0. The first-order chi connectivity index (χ1) is 14.5. The summed E-state index contributed by atoms with van der Waals surface area (Å²) in [5, 5.41) is 3.25. The van der Waals surface area contributed by atoms with Gasteiger partial charge in [0.05, 0.1) is 18.8 Å². The smallest absolute Gasteiger partial charge is 0.278 e. The van der Waals surface area contributed by atoms with Gasteiger partial charge >= 0.3 is 0 Å². The summed E-state index contributed by atoms with van der Waals surface area (Å²) < 4.78 is 5.38.